The van der Waals surface area contributed by atoms with Crippen LogP contribution in [-0.4, -0.2) is 31.1 Å². The number of hydrogen-bond donors (Lipinski definition) is 0. The van der Waals surface area contributed by atoms with Gasteiger partial charge in [-0.1, -0.05) is 64.8 Å². The molecule has 1 aromatic rings. The molecule has 0 saturated carbocycles. The number of nitrogens with zero attached hydrogens (tertiary/aromatic N) is 1. The molecule has 1 aromatic carbocycles. The van der Waals surface area contributed by atoms with Crippen LogP contribution >= 0.6 is 0 Å². The Morgan fingerprint density at radius 2 is 2.17 bits per heavy atom. The van der Waals surface area contributed by atoms with E-state index in [0.29, 0.717) is 12.5 Å². The Balaban J connectivity index is 1.97. The molecule has 1 aliphatic rings. The average molecular weight is 330 g/mol. The van der Waals surface area contributed by atoms with E-state index < -0.39 is 0 Å². The summed E-state index contributed by atoms with van der Waals surface area (Å²) in [6, 6.07) is 8.68. The van der Waals surface area contributed by atoms with Crippen LogP contribution in [0.5, 0.6) is 5.75 Å². The Hall–Kier alpha value is -1.28. The Kier molecular flexibility index (Phi) is 7.36. The van der Waals surface area contributed by atoms with Crippen molar-refractivity contribution < 1.29 is 4.74 Å². The molecular formula is C22H35NO. The zero-order valence-electron chi connectivity index (χ0n) is 15.9. The largest absolute Gasteiger partial charge is 0.490 e. The first-order valence-corrected chi connectivity index (χ1v) is 9.66. The summed E-state index contributed by atoms with van der Waals surface area (Å²) in [5.74, 6) is 1.62. The summed E-state index contributed by atoms with van der Waals surface area (Å²) in [5.41, 5.74) is 1.66. The second kappa shape index (κ2) is 9.27. The van der Waals surface area contributed by atoms with Crippen LogP contribution in [0.15, 0.2) is 36.9 Å². The number of hydrogen-bond acceptors (Lipinski definition) is 2. The molecule has 1 fully saturated rings. The third-order valence-corrected chi connectivity index (χ3v) is 5.76. The van der Waals surface area contributed by atoms with Gasteiger partial charge in [-0.25, -0.2) is 0 Å². The normalized spacial score (nSPS) is 24.7. The fourth-order valence-corrected chi connectivity index (χ4v) is 3.81. The Morgan fingerprint density at radius 1 is 1.33 bits per heavy atom. The zero-order chi connectivity index (χ0) is 17.4. The van der Waals surface area contributed by atoms with E-state index in [9.17, 15) is 0 Å². The number of unbranched alkanes of at least 4 members (excludes halogenated alkanes) is 3. The fraction of sp³-hybridized carbons (Fsp3) is 0.636. The van der Waals surface area contributed by atoms with E-state index in [1.807, 2.05) is 6.07 Å². The van der Waals surface area contributed by atoms with E-state index in [0.717, 1.165) is 5.75 Å². The first-order valence-electron chi connectivity index (χ1n) is 9.66. The molecule has 0 bridgehead atoms. The van der Waals surface area contributed by atoms with Crippen molar-refractivity contribution in [2.75, 3.05) is 26.2 Å². The van der Waals surface area contributed by atoms with Gasteiger partial charge in [-0.15, -0.1) is 0 Å². The second-order valence-electron chi connectivity index (χ2n) is 7.56. The molecule has 1 saturated heterocycles. The summed E-state index contributed by atoms with van der Waals surface area (Å²) in [6.07, 6.45) is 8.45. The van der Waals surface area contributed by atoms with Gasteiger partial charge >= 0.3 is 0 Å². The summed E-state index contributed by atoms with van der Waals surface area (Å²) in [6.45, 7) is 15.1. The van der Waals surface area contributed by atoms with Gasteiger partial charge in [0.15, 0.2) is 0 Å². The van der Waals surface area contributed by atoms with Gasteiger partial charge in [0.25, 0.3) is 0 Å². The number of benzene rings is 1. The highest BCUT2D eigenvalue weighted by Gasteiger charge is 2.37. The van der Waals surface area contributed by atoms with Crippen molar-refractivity contribution in [1.82, 2.24) is 4.90 Å². The minimum atomic E-state index is 0.244. The molecule has 0 amide bonds. The second-order valence-corrected chi connectivity index (χ2v) is 7.56. The molecule has 1 heterocycles. The lowest BCUT2D eigenvalue weighted by atomic mass is 9.68. The van der Waals surface area contributed by atoms with Crippen molar-refractivity contribution in [3.8, 4) is 5.75 Å². The van der Waals surface area contributed by atoms with Gasteiger partial charge in [0, 0.05) is 6.54 Å². The van der Waals surface area contributed by atoms with E-state index in [2.05, 4.69) is 50.4 Å². The van der Waals surface area contributed by atoms with Gasteiger partial charge in [0.2, 0.25) is 0 Å². The fourth-order valence-electron chi connectivity index (χ4n) is 3.81. The number of likely N-dealkylation sites (tertiary alicyclic amines) is 1. The third-order valence-electron chi connectivity index (χ3n) is 5.76. The first-order chi connectivity index (χ1) is 11.6. The minimum absolute atomic E-state index is 0.244. The highest BCUT2D eigenvalue weighted by Crippen LogP contribution is 2.40. The highest BCUT2D eigenvalue weighted by atomic mass is 16.5. The van der Waals surface area contributed by atoms with Crippen LogP contribution in [-0.2, 0) is 5.41 Å². The van der Waals surface area contributed by atoms with Crippen molar-refractivity contribution >= 4 is 0 Å². The smallest absolute Gasteiger partial charge is 0.120 e. The predicted molar refractivity (Wildman–Crippen MR) is 104 cm³/mol. The average Bonchev–Trinajstić information content (AvgIpc) is 2.60. The number of piperidine rings is 1. The van der Waals surface area contributed by atoms with Gasteiger partial charge in [0.1, 0.15) is 12.4 Å². The van der Waals surface area contributed by atoms with Gasteiger partial charge in [-0.05, 0) is 55.0 Å². The minimum Gasteiger partial charge on any atom is -0.490 e. The zero-order valence-corrected chi connectivity index (χ0v) is 15.9. The molecule has 2 nitrogen and oxygen atoms in total. The van der Waals surface area contributed by atoms with Crippen LogP contribution in [0.2, 0.25) is 0 Å². The third kappa shape index (κ3) is 4.86. The summed E-state index contributed by atoms with van der Waals surface area (Å²) >= 11 is 0. The van der Waals surface area contributed by atoms with Crippen LogP contribution < -0.4 is 4.74 Å². The topological polar surface area (TPSA) is 12.5 Å². The maximum absolute atomic E-state index is 5.74. The molecule has 0 N–H and O–H groups in total. The van der Waals surface area contributed by atoms with Gasteiger partial charge in [-0.2, -0.15) is 0 Å². The molecule has 0 aromatic heterocycles. The summed E-state index contributed by atoms with van der Waals surface area (Å²) in [7, 11) is 0. The molecule has 0 radical (unpaired) electrons. The monoisotopic (exact) mass is 329 g/mol. The molecule has 134 valence electrons. The van der Waals surface area contributed by atoms with Crippen molar-refractivity contribution in [3.05, 3.63) is 42.5 Å². The lowest BCUT2D eigenvalue weighted by molar-refractivity contribution is 0.109. The Morgan fingerprint density at radius 3 is 2.88 bits per heavy atom. The van der Waals surface area contributed by atoms with Crippen LogP contribution in [0.3, 0.4) is 0 Å². The molecule has 1 aliphatic heterocycles. The Labute approximate surface area is 148 Å². The molecule has 24 heavy (non-hydrogen) atoms. The maximum Gasteiger partial charge on any atom is 0.120 e. The molecule has 0 unspecified atom stereocenters. The number of ether oxygens (including phenoxy) is 1. The SMILES string of the molecule is C=CCOc1cccc([C@@]2(C)CCN(CCCCCC)C[C@@H]2C)c1. The quantitative estimate of drug-likeness (QED) is 0.442. The molecule has 0 aliphatic carbocycles. The summed E-state index contributed by atoms with van der Waals surface area (Å²) in [4.78, 5) is 2.67. The van der Waals surface area contributed by atoms with Gasteiger partial charge < -0.3 is 9.64 Å². The lowest BCUT2D eigenvalue weighted by Crippen LogP contribution is -2.47. The maximum atomic E-state index is 5.74. The van der Waals surface area contributed by atoms with Crippen molar-refractivity contribution in [1.29, 1.82) is 0 Å². The van der Waals surface area contributed by atoms with Gasteiger partial charge in [0.05, 0.1) is 0 Å². The molecule has 2 rings (SSSR count). The van der Waals surface area contributed by atoms with Crippen LogP contribution in [0.25, 0.3) is 0 Å². The van der Waals surface area contributed by atoms with Crippen LogP contribution in [0, 0.1) is 5.92 Å². The van der Waals surface area contributed by atoms with E-state index in [1.54, 1.807) is 6.08 Å². The summed E-state index contributed by atoms with van der Waals surface area (Å²) < 4.78 is 5.74. The molecule has 2 heteroatoms. The predicted octanol–water partition coefficient (Wildman–Crippen LogP) is 5.43. The van der Waals surface area contributed by atoms with E-state index >= 15 is 0 Å². The van der Waals surface area contributed by atoms with E-state index in [4.69, 9.17) is 4.74 Å². The Bertz CT molecular complexity index is 512. The van der Waals surface area contributed by atoms with Crippen LogP contribution in [0.4, 0.5) is 0 Å². The molecule has 0 spiro atoms. The van der Waals surface area contributed by atoms with Crippen molar-refractivity contribution in [2.24, 2.45) is 5.92 Å². The lowest BCUT2D eigenvalue weighted by Gasteiger charge is -2.45. The molecule has 2 atom stereocenters. The van der Waals surface area contributed by atoms with E-state index in [1.165, 1.54) is 57.3 Å². The number of rotatable bonds is 9. The highest BCUT2D eigenvalue weighted by molar-refractivity contribution is 5.34. The first kappa shape index (κ1) is 19.1. The molecular weight excluding hydrogens is 294 g/mol. The standard InChI is InChI=1S/C22H35NO/c1-5-7-8-9-14-23-15-13-22(4,19(3)18-23)20-11-10-12-21(17-20)24-16-6-2/h6,10-12,17,19H,2,5,7-9,13-16,18H2,1,3-4H3/t19-,22-/m0/s1. The van der Waals surface area contributed by atoms with E-state index in [-0.39, 0.29) is 5.41 Å². The van der Waals surface area contributed by atoms with Crippen molar-refractivity contribution in [3.63, 3.8) is 0 Å². The van der Waals surface area contributed by atoms with Crippen molar-refractivity contribution in [2.45, 2.75) is 58.3 Å². The summed E-state index contributed by atoms with van der Waals surface area (Å²) in [5, 5.41) is 0. The van der Waals surface area contributed by atoms with Crippen LogP contribution in [0.1, 0.15) is 58.4 Å². The van der Waals surface area contributed by atoms with Gasteiger partial charge in [-0.3, -0.25) is 0 Å².